The first-order valence-corrected chi connectivity index (χ1v) is 8.19. The number of ether oxygens (including phenoxy) is 1. The van der Waals surface area contributed by atoms with E-state index in [9.17, 15) is 0 Å². The van der Waals surface area contributed by atoms with Gasteiger partial charge in [0.2, 0.25) is 0 Å². The number of nitrogens with one attached hydrogen (secondary N) is 1. The zero-order chi connectivity index (χ0) is 16.2. The van der Waals surface area contributed by atoms with E-state index in [-0.39, 0.29) is 0 Å². The normalized spacial score (nSPS) is 10.8. The van der Waals surface area contributed by atoms with Gasteiger partial charge in [0, 0.05) is 23.0 Å². The van der Waals surface area contributed by atoms with Crippen LogP contribution in [0.15, 0.2) is 84.9 Å². The van der Waals surface area contributed by atoms with E-state index in [1.165, 1.54) is 22.2 Å². The summed E-state index contributed by atoms with van der Waals surface area (Å²) < 4.78 is 5.91. The van der Waals surface area contributed by atoms with Crippen molar-refractivity contribution in [3.05, 3.63) is 102 Å². The maximum Gasteiger partial charge on any atom is 0.120 e. The Morgan fingerprint density at radius 3 is 2.17 bits per heavy atom. The fraction of sp³-hybridized carbons (Fsp3) is 0.0909. The lowest BCUT2D eigenvalue weighted by molar-refractivity contribution is 0.306. The van der Waals surface area contributed by atoms with Crippen LogP contribution in [0.4, 0.5) is 0 Å². The Morgan fingerprint density at radius 2 is 1.42 bits per heavy atom. The van der Waals surface area contributed by atoms with Crippen molar-refractivity contribution in [3.63, 3.8) is 0 Å². The van der Waals surface area contributed by atoms with E-state index in [0.717, 1.165) is 17.7 Å². The van der Waals surface area contributed by atoms with Crippen molar-refractivity contribution < 1.29 is 4.74 Å². The van der Waals surface area contributed by atoms with Crippen molar-refractivity contribution in [3.8, 4) is 5.75 Å². The molecule has 0 saturated heterocycles. The minimum absolute atomic E-state index is 0.591. The molecular formula is C22H19NO. The van der Waals surface area contributed by atoms with Crippen LogP contribution in [-0.4, -0.2) is 4.98 Å². The molecule has 0 amide bonds. The molecule has 1 aromatic heterocycles. The average molecular weight is 313 g/mol. The molecule has 24 heavy (non-hydrogen) atoms. The van der Waals surface area contributed by atoms with Gasteiger partial charge in [-0.25, -0.2) is 0 Å². The van der Waals surface area contributed by atoms with Gasteiger partial charge in [-0.1, -0.05) is 60.7 Å². The number of rotatable bonds is 5. The maximum atomic E-state index is 5.91. The molecule has 0 saturated carbocycles. The lowest BCUT2D eigenvalue weighted by atomic mass is 10.1. The van der Waals surface area contributed by atoms with Gasteiger partial charge in [0.1, 0.15) is 12.4 Å². The summed E-state index contributed by atoms with van der Waals surface area (Å²) in [5.74, 6) is 0.900. The fourth-order valence-corrected chi connectivity index (χ4v) is 2.91. The molecule has 0 aliphatic carbocycles. The molecule has 0 spiro atoms. The standard InChI is InChI=1S/C22H19NO/c1-3-7-17(8-4-1)13-20-14-19-15-21(11-12-22(19)23-20)24-16-18-9-5-2-6-10-18/h1-12,14-15,23H,13,16H2. The molecular weight excluding hydrogens is 294 g/mol. The predicted molar refractivity (Wildman–Crippen MR) is 98.3 cm³/mol. The molecule has 0 aliphatic rings. The van der Waals surface area contributed by atoms with Crippen LogP contribution >= 0.6 is 0 Å². The lowest BCUT2D eigenvalue weighted by Crippen LogP contribution is -1.94. The van der Waals surface area contributed by atoms with Gasteiger partial charge in [0.25, 0.3) is 0 Å². The van der Waals surface area contributed by atoms with Crippen molar-refractivity contribution in [1.29, 1.82) is 0 Å². The van der Waals surface area contributed by atoms with Crippen molar-refractivity contribution >= 4 is 10.9 Å². The molecule has 0 bridgehead atoms. The first-order chi connectivity index (χ1) is 11.9. The number of H-pyrrole nitrogens is 1. The summed E-state index contributed by atoms with van der Waals surface area (Å²) >= 11 is 0. The molecule has 4 rings (SSSR count). The Morgan fingerprint density at radius 1 is 0.708 bits per heavy atom. The Kier molecular flexibility index (Phi) is 4.03. The summed E-state index contributed by atoms with van der Waals surface area (Å²) in [7, 11) is 0. The summed E-state index contributed by atoms with van der Waals surface area (Å²) in [4.78, 5) is 3.49. The Bertz CT molecular complexity index is 926. The summed E-state index contributed by atoms with van der Waals surface area (Å²) in [6.07, 6.45) is 0.912. The zero-order valence-corrected chi connectivity index (χ0v) is 13.4. The minimum atomic E-state index is 0.591. The van der Waals surface area contributed by atoms with Crippen LogP contribution < -0.4 is 4.74 Å². The van der Waals surface area contributed by atoms with Crippen molar-refractivity contribution in [2.75, 3.05) is 0 Å². The Hall–Kier alpha value is -3.00. The highest BCUT2D eigenvalue weighted by Crippen LogP contribution is 2.23. The molecule has 4 aromatic rings. The third kappa shape index (κ3) is 3.33. The number of benzene rings is 3. The first kappa shape index (κ1) is 14.6. The molecule has 0 radical (unpaired) electrons. The number of hydrogen-bond donors (Lipinski definition) is 1. The van der Waals surface area contributed by atoms with Crippen LogP contribution in [-0.2, 0) is 13.0 Å². The second-order valence-electron chi connectivity index (χ2n) is 5.98. The molecule has 3 aromatic carbocycles. The van der Waals surface area contributed by atoms with E-state index in [4.69, 9.17) is 4.74 Å². The smallest absolute Gasteiger partial charge is 0.120 e. The van der Waals surface area contributed by atoms with E-state index < -0.39 is 0 Å². The third-order valence-electron chi connectivity index (χ3n) is 4.13. The SMILES string of the molecule is c1ccc(COc2ccc3[nH]c(Cc4ccccc4)cc3c2)cc1. The molecule has 2 heteroatoms. The fourth-order valence-electron chi connectivity index (χ4n) is 2.91. The molecule has 0 fully saturated rings. The van der Waals surface area contributed by atoms with Gasteiger partial charge < -0.3 is 9.72 Å². The Labute approximate surface area is 141 Å². The quantitative estimate of drug-likeness (QED) is 0.529. The van der Waals surface area contributed by atoms with Gasteiger partial charge in [0.15, 0.2) is 0 Å². The van der Waals surface area contributed by atoms with Gasteiger partial charge in [0.05, 0.1) is 0 Å². The van der Waals surface area contributed by atoms with Crippen LogP contribution in [0.5, 0.6) is 5.75 Å². The molecule has 0 atom stereocenters. The van der Waals surface area contributed by atoms with E-state index in [1.54, 1.807) is 0 Å². The van der Waals surface area contributed by atoms with E-state index in [1.807, 2.05) is 30.3 Å². The average Bonchev–Trinajstić information content (AvgIpc) is 3.03. The second kappa shape index (κ2) is 6.63. The third-order valence-corrected chi connectivity index (χ3v) is 4.13. The van der Waals surface area contributed by atoms with E-state index in [0.29, 0.717) is 6.61 Å². The number of aromatic nitrogens is 1. The van der Waals surface area contributed by atoms with Crippen LogP contribution in [0.1, 0.15) is 16.8 Å². The molecule has 1 heterocycles. The monoisotopic (exact) mass is 313 g/mol. The van der Waals surface area contributed by atoms with E-state index in [2.05, 4.69) is 59.6 Å². The molecule has 2 nitrogen and oxygen atoms in total. The zero-order valence-electron chi connectivity index (χ0n) is 13.4. The maximum absolute atomic E-state index is 5.91. The Balaban J connectivity index is 1.51. The first-order valence-electron chi connectivity index (χ1n) is 8.19. The largest absolute Gasteiger partial charge is 0.489 e. The van der Waals surface area contributed by atoms with E-state index >= 15 is 0 Å². The van der Waals surface area contributed by atoms with Gasteiger partial charge in [-0.2, -0.15) is 0 Å². The highest BCUT2D eigenvalue weighted by molar-refractivity contribution is 5.82. The summed E-state index contributed by atoms with van der Waals surface area (Å²) in [5.41, 5.74) is 4.85. The molecule has 0 unspecified atom stereocenters. The van der Waals surface area contributed by atoms with Crippen molar-refractivity contribution in [2.45, 2.75) is 13.0 Å². The highest BCUT2D eigenvalue weighted by atomic mass is 16.5. The summed E-state index contributed by atoms with van der Waals surface area (Å²) in [6.45, 7) is 0.591. The van der Waals surface area contributed by atoms with Crippen molar-refractivity contribution in [1.82, 2.24) is 4.98 Å². The van der Waals surface area contributed by atoms with Gasteiger partial charge >= 0.3 is 0 Å². The van der Waals surface area contributed by atoms with Gasteiger partial charge in [-0.3, -0.25) is 0 Å². The topological polar surface area (TPSA) is 25.0 Å². The number of fused-ring (bicyclic) bond motifs is 1. The van der Waals surface area contributed by atoms with Crippen LogP contribution in [0.2, 0.25) is 0 Å². The second-order valence-corrected chi connectivity index (χ2v) is 5.98. The molecule has 118 valence electrons. The number of aromatic amines is 1. The molecule has 1 N–H and O–H groups in total. The van der Waals surface area contributed by atoms with Crippen molar-refractivity contribution in [2.24, 2.45) is 0 Å². The van der Waals surface area contributed by atoms with Gasteiger partial charge in [-0.05, 0) is 35.4 Å². The summed E-state index contributed by atoms with van der Waals surface area (Å²) in [5, 5.41) is 1.19. The predicted octanol–water partition coefficient (Wildman–Crippen LogP) is 5.34. The number of hydrogen-bond acceptors (Lipinski definition) is 1. The highest BCUT2D eigenvalue weighted by Gasteiger charge is 2.04. The summed E-state index contributed by atoms with van der Waals surface area (Å²) in [6, 6.07) is 29.2. The van der Waals surface area contributed by atoms with Crippen LogP contribution in [0, 0.1) is 0 Å². The lowest BCUT2D eigenvalue weighted by Gasteiger charge is -2.06. The van der Waals surface area contributed by atoms with Gasteiger partial charge in [-0.15, -0.1) is 0 Å². The minimum Gasteiger partial charge on any atom is -0.489 e. The van der Waals surface area contributed by atoms with Crippen LogP contribution in [0.3, 0.4) is 0 Å². The molecule has 0 aliphatic heterocycles. The van der Waals surface area contributed by atoms with Crippen LogP contribution in [0.25, 0.3) is 10.9 Å².